The van der Waals surface area contributed by atoms with Gasteiger partial charge in [0, 0.05) is 42.2 Å². The maximum atomic E-state index is 14.5. The Morgan fingerprint density at radius 1 is 0.932 bits per heavy atom. The van der Waals surface area contributed by atoms with Crippen LogP contribution in [0.15, 0.2) is 91.5 Å². The maximum Gasteiger partial charge on any atom is 0.162 e. The number of aryl methyl sites for hydroxylation is 2. The van der Waals surface area contributed by atoms with E-state index in [0.29, 0.717) is 30.4 Å². The molecule has 1 atom stereocenters. The van der Waals surface area contributed by atoms with E-state index in [2.05, 4.69) is 10.1 Å². The Bertz CT molecular complexity index is 1900. The fraction of sp³-hybridized carbons (Fsp3) is 0.206. The van der Waals surface area contributed by atoms with Crippen molar-refractivity contribution in [2.45, 2.75) is 26.2 Å². The molecule has 1 unspecified atom stereocenters. The van der Waals surface area contributed by atoms with E-state index >= 15 is 0 Å². The highest BCUT2D eigenvalue weighted by atomic mass is 19.1. The molecule has 3 aromatic carbocycles. The number of pyridine rings is 1. The number of ether oxygens (including phenoxy) is 3. The number of rotatable bonds is 11. The molecule has 0 radical (unpaired) electrons. The van der Waals surface area contributed by atoms with Crippen LogP contribution in [0.4, 0.5) is 4.39 Å². The van der Waals surface area contributed by atoms with Crippen LogP contribution in [0.2, 0.25) is 0 Å². The number of benzene rings is 3. The fourth-order valence-corrected chi connectivity index (χ4v) is 5.07. The van der Waals surface area contributed by atoms with Crippen LogP contribution in [0.25, 0.3) is 22.3 Å². The lowest BCUT2D eigenvalue weighted by atomic mass is 10.1. The molecule has 0 aliphatic rings. The third-order valence-corrected chi connectivity index (χ3v) is 7.34. The Morgan fingerprint density at radius 3 is 2.52 bits per heavy atom. The van der Waals surface area contributed by atoms with E-state index in [-0.39, 0.29) is 12.2 Å². The summed E-state index contributed by atoms with van der Waals surface area (Å²) in [5.41, 5.74) is 6.51. The number of hydrogen-bond acceptors (Lipinski definition) is 7. The van der Waals surface area contributed by atoms with Gasteiger partial charge < -0.3 is 23.9 Å². The summed E-state index contributed by atoms with van der Waals surface area (Å²) in [6.45, 7) is 2.62. The van der Waals surface area contributed by atoms with Gasteiger partial charge in [0.2, 0.25) is 0 Å². The van der Waals surface area contributed by atoms with E-state index < -0.39 is 11.9 Å². The van der Waals surface area contributed by atoms with Crippen molar-refractivity contribution in [3.63, 3.8) is 0 Å². The number of hydrogen-bond donors (Lipinski definition) is 1. The third kappa shape index (κ3) is 6.25. The summed E-state index contributed by atoms with van der Waals surface area (Å²) in [7, 11) is 3.36. The Labute approximate surface area is 254 Å². The van der Waals surface area contributed by atoms with Crippen LogP contribution in [0.3, 0.4) is 0 Å². The van der Waals surface area contributed by atoms with Crippen LogP contribution in [0.5, 0.6) is 17.2 Å². The summed E-state index contributed by atoms with van der Waals surface area (Å²) in [4.78, 5) is 9.32. The summed E-state index contributed by atoms with van der Waals surface area (Å²) in [6.07, 6.45) is 4.40. The molecule has 1 N–H and O–H groups in total. The highest BCUT2D eigenvalue weighted by Crippen LogP contribution is 2.32. The molecule has 44 heavy (non-hydrogen) atoms. The molecular weight excluding hydrogens is 561 g/mol. The molecule has 6 rings (SSSR count). The van der Waals surface area contributed by atoms with Gasteiger partial charge in [-0.1, -0.05) is 36.4 Å². The van der Waals surface area contributed by atoms with Crippen LogP contribution in [0.1, 0.15) is 28.5 Å². The van der Waals surface area contributed by atoms with Crippen molar-refractivity contribution in [1.82, 2.24) is 24.3 Å². The average molecular weight is 594 g/mol. The third-order valence-electron chi connectivity index (χ3n) is 7.34. The largest absolute Gasteiger partial charge is 0.497 e. The Morgan fingerprint density at radius 2 is 1.77 bits per heavy atom. The van der Waals surface area contributed by atoms with Crippen molar-refractivity contribution in [2.24, 2.45) is 7.05 Å². The van der Waals surface area contributed by atoms with Gasteiger partial charge in [-0.05, 0) is 48.4 Å². The highest BCUT2D eigenvalue weighted by Gasteiger charge is 2.17. The first-order valence-corrected chi connectivity index (χ1v) is 14.1. The minimum absolute atomic E-state index is 0.121. The van der Waals surface area contributed by atoms with Crippen molar-refractivity contribution < 1.29 is 23.7 Å². The van der Waals surface area contributed by atoms with Crippen molar-refractivity contribution in [3.8, 4) is 28.4 Å². The van der Waals surface area contributed by atoms with Gasteiger partial charge in [-0.15, -0.1) is 0 Å². The van der Waals surface area contributed by atoms with E-state index in [0.717, 1.165) is 39.1 Å². The first-order chi connectivity index (χ1) is 21.4. The number of halogens is 1. The van der Waals surface area contributed by atoms with Crippen molar-refractivity contribution in [3.05, 3.63) is 120 Å². The summed E-state index contributed by atoms with van der Waals surface area (Å²) in [6, 6.07) is 21.8. The minimum atomic E-state index is -1.19. The molecule has 9 nitrogen and oxygen atoms in total. The quantitative estimate of drug-likeness (QED) is 0.196. The van der Waals surface area contributed by atoms with E-state index in [1.807, 2.05) is 79.5 Å². The fourth-order valence-electron chi connectivity index (χ4n) is 5.07. The normalized spacial score (nSPS) is 11.9. The predicted octanol–water partition coefficient (Wildman–Crippen LogP) is 6.03. The summed E-state index contributed by atoms with van der Waals surface area (Å²) in [5.74, 6) is 0.736. The van der Waals surface area contributed by atoms with Gasteiger partial charge in [0.05, 0.1) is 25.7 Å². The molecule has 3 heterocycles. The van der Waals surface area contributed by atoms with Crippen LogP contribution in [-0.4, -0.2) is 43.1 Å². The molecule has 0 bridgehead atoms. The van der Waals surface area contributed by atoms with Crippen molar-refractivity contribution in [2.75, 3.05) is 13.7 Å². The minimum Gasteiger partial charge on any atom is -0.497 e. The van der Waals surface area contributed by atoms with Crippen LogP contribution in [-0.2, 0) is 20.2 Å². The number of imidazole rings is 1. The number of methoxy groups -OCH3 is 1. The second-order valence-electron chi connectivity index (χ2n) is 10.5. The first-order valence-electron chi connectivity index (χ1n) is 14.1. The second kappa shape index (κ2) is 12.6. The van der Waals surface area contributed by atoms with E-state index in [9.17, 15) is 9.50 Å². The van der Waals surface area contributed by atoms with Crippen molar-refractivity contribution in [1.29, 1.82) is 0 Å². The molecule has 224 valence electrons. The molecule has 3 aromatic heterocycles. The van der Waals surface area contributed by atoms with Gasteiger partial charge in [-0.3, -0.25) is 4.68 Å². The SMILES string of the molecule is COc1ccc(C(O)COc2ccc(Cn3cnc4cc(-c5cn(C)nc5C)cnc43)cc2OCc2ccccc2)c(F)c1. The first kappa shape index (κ1) is 28.9. The molecular formula is C34H32FN5O4. The predicted molar refractivity (Wildman–Crippen MR) is 164 cm³/mol. The topological polar surface area (TPSA) is 96.5 Å². The van der Waals surface area contributed by atoms with E-state index in [4.69, 9.17) is 19.2 Å². The van der Waals surface area contributed by atoms with Gasteiger partial charge >= 0.3 is 0 Å². The molecule has 0 saturated carbocycles. The standard InChI is InChI=1S/C34H32FN5O4/c1-22-28(18-39(2)38-22)25-14-30-34(36-16-25)40(21-37-30)17-24-9-12-32(33(13-24)43-19-23-7-5-4-6-8-23)44-20-31(41)27-11-10-26(42-3)15-29(27)35/h4-16,18,21,31,41H,17,19-20H2,1-3H3. The Kier molecular flexibility index (Phi) is 8.25. The number of fused-ring (bicyclic) bond motifs is 1. The lowest BCUT2D eigenvalue weighted by molar-refractivity contribution is 0.102. The second-order valence-corrected chi connectivity index (χ2v) is 10.5. The number of aliphatic hydroxyl groups is 1. The number of aliphatic hydroxyl groups excluding tert-OH is 1. The van der Waals surface area contributed by atoms with E-state index in [1.165, 1.54) is 19.2 Å². The zero-order valence-corrected chi connectivity index (χ0v) is 24.6. The lowest BCUT2D eigenvalue weighted by Crippen LogP contribution is -2.12. The number of aromatic nitrogens is 5. The smallest absolute Gasteiger partial charge is 0.162 e. The molecule has 10 heteroatoms. The lowest BCUT2D eigenvalue weighted by Gasteiger charge is -2.17. The van der Waals surface area contributed by atoms with Gasteiger partial charge in [-0.25, -0.2) is 14.4 Å². The van der Waals surface area contributed by atoms with Crippen LogP contribution >= 0.6 is 0 Å². The molecule has 0 aliphatic carbocycles. The molecule has 0 aliphatic heterocycles. The summed E-state index contributed by atoms with van der Waals surface area (Å²) < 4.78 is 35.5. The summed E-state index contributed by atoms with van der Waals surface area (Å²) in [5, 5.41) is 15.1. The Hall–Kier alpha value is -5.22. The van der Waals surface area contributed by atoms with E-state index in [1.54, 1.807) is 23.1 Å². The van der Waals surface area contributed by atoms with Gasteiger partial charge in [-0.2, -0.15) is 5.10 Å². The van der Waals surface area contributed by atoms with Crippen molar-refractivity contribution >= 4 is 11.2 Å². The monoisotopic (exact) mass is 593 g/mol. The molecule has 0 saturated heterocycles. The van der Waals surface area contributed by atoms with Crippen LogP contribution < -0.4 is 14.2 Å². The molecule has 0 amide bonds. The zero-order valence-electron chi connectivity index (χ0n) is 24.6. The van der Waals surface area contributed by atoms with Gasteiger partial charge in [0.25, 0.3) is 0 Å². The highest BCUT2D eigenvalue weighted by molar-refractivity contribution is 5.78. The van der Waals surface area contributed by atoms with Crippen LogP contribution in [0, 0.1) is 12.7 Å². The van der Waals surface area contributed by atoms with Gasteiger partial charge in [0.15, 0.2) is 17.1 Å². The van der Waals surface area contributed by atoms with Gasteiger partial charge in [0.1, 0.15) is 36.4 Å². The molecule has 0 fully saturated rings. The number of nitrogens with zero attached hydrogens (tertiary/aromatic N) is 5. The molecule has 6 aromatic rings. The summed E-state index contributed by atoms with van der Waals surface area (Å²) >= 11 is 0. The molecule has 0 spiro atoms. The average Bonchev–Trinajstić information content (AvgIpc) is 3.60. The zero-order chi connectivity index (χ0) is 30.6. The maximum absolute atomic E-state index is 14.5. The Balaban J connectivity index is 1.23.